The molecule has 0 bridgehead atoms. The van der Waals surface area contributed by atoms with E-state index in [-0.39, 0.29) is 12.4 Å². The molecule has 0 saturated heterocycles. The maximum atomic E-state index is 13.2. The number of aliphatic hydroxyl groups is 1. The third-order valence-electron chi connectivity index (χ3n) is 2.55. The van der Waals surface area contributed by atoms with E-state index in [0.717, 1.165) is 0 Å². The molecule has 2 N–H and O–H groups in total. The molecule has 1 atom stereocenters. The molecular weight excluding hydrogens is 289 g/mol. The predicted molar refractivity (Wildman–Crippen MR) is 66.6 cm³/mol. The molecule has 2 rings (SSSR count). The van der Waals surface area contributed by atoms with Crippen LogP contribution in [-0.2, 0) is 0 Å². The van der Waals surface area contributed by atoms with Crippen LogP contribution >= 0.6 is 15.9 Å². The maximum absolute atomic E-state index is 13.2. The zero-order valence-corrected chi connectivity index (χ0v) is 10.9. The van der Waals surface area contributed by atoms with Gasteiger partial charge in [0.25, 0.3) is 0 Å². The van der Waals surface area contributed by atoms with Gasteiger partial charge in [-0.05, 0) is 40.9 Å². The summed E-state index contributed by atoms with van der Waals surface area (Å²) in [5.74, 6) is 0.0595. The van der Waals surface area contributed by atoms with Crippen molar-refractivity contribution in [3.63, 3.8) is 0 Å². The Morgan fingerprint density at radius 1 is 1.53 bits per heavy atom. The van der Waals surface area contributed by atoms with E-state index in [4.69, 9.17) is 4.74 Å². The van der Waals surface area contributed by atoms with Crippen LogP contribution in [0.2, 0.25) is 0 Å². The fourth-order valence-electron chi connectivity index (χ4n) is 1.41. The van der Waals surface area contributed by atoms with E-state index in [2.05, 4.69) is 21.2 Å². The van der Waals surface area contributed by atoms with Crippen molar-refractivity contribution in [2.75, 3.05) is 13.2 Å². The Morgan fingerprint density at radius 3 is 2.94 bits per heavy atom. The van der Waals surface area contributed by atoms with Gasteiger partial charge >= 0.3 is 0 Å². The minimum Gasteiger partial charge on any atom is -0.491 e. The van der Waals surface area contributed by atoms with E-state index in [0.29, 0.717) is 22.8 Å². The number of ether oxygens (including phenoxy) is 1. The fraction of sp³-hybridized carbons (Fsp3) is 0.500. The van der Waals surface area contributed by atoms with Crippen LogP contribution in [0, 0.1) is 5.82 Å². The molecule has 0 amide bonds. The van der Waals surface area contributed by atoms with E-state index < -0.39 is 6.10 Å². The van der Waals surface area contributed by atoms with E-state index >= 15 is 0 Å². The average molecular weight is 304 g/mol. The Bertz CT molecular complexity index is 385. The largest absolute Gasteiger partial charge is 0.491 e. The van der Waals surface area contributed by atoms with Gasteiger partial charge in [-0.15, -0.1) is 0 Å². The van der Waals surface area contributed by atoms with Gasteiger partial charge in [0, 0.05) is 18.7 Å². The third kappa shape index (κ3) is 4.26. The summed E-state index contributed by atoms with van der Waals surface area (Å²) in [6.07, 6.45) is 1.80. The van der Waals surface area contributed by atoms with Crippen molar-refractivity contribution in [3.8, 4) is 5.75 Å². The number of aliphatic hydroxyl groups excluding tert-OH is 1. The maximum Gasteiger partial charge on any atom is 0.141 e. The number of rotatable bonds is 6. The number of benzene rings is 1. The molecule has 0 heterocycles. The van der Waals surface area contributed by atoms with Gasteiger partial charge < -0.3 is 15.2 Å². The Hall–Kier alpha value is -0.650. The molecule has 5 heteroatoms. The van der Waals surface area contributed by atoms with Crippen LogP contribution in [0.25, 0.3) is 0 Å². The number of halogens is 2. The Morgan fingerprint density at radius 2 is 2.29 bits per heavy atom. The molecule has 0 aromatic heterocycles. The number of nitrogens with one attached hydrogen (secondary N) is 1. The topological polar surface area (TPSA) is 41.5 Å². The molecule has 1 unspecified atom stereocenters. The monoisotopic (exact) mass is 303 g/mol. The second-order valence-electron chi connectivity index (χ2n) is 4.22. The standard InChI is InChI=1S/C12H15BrFNO2/c13-11-4-3-10(5-12(11)14)17-7-9(16)6-15-8-1-2-8/h3-5,8-9,15-16H,1-2,6-7H2. The van der Waals surface area contributed by atoms with Crippen molar-refractivity contribution >= 4 is 15.9 Å². The van der Waals surface area contributed by atoms with E-state index in [1.54, 1.807) is 12.1 Å². The van der Waals surface area contributed by atoms with E-state index in [1.807, 2.05) is 0 Å². The molecule has 1 aromatic rings. The first kappa shape index (κ1) is 12.8. The molecule has 1 saturated carbocycles. The van der Waals surface area contributed by atoms with Gasteiger partial charge in [0.1, 0.15) is 24.3 Å². The van der Waals surface area contributed by atoms with Crippen molar-refractivity contribution in [1.29, 1.82) is 0 Å². The third-order valence-corrected chi connectivity index (χ3v) is 3.20. The van der Waals surface area contributed by atoms with Gasteiger partial charge in [-0.1, -0.05) is 0 Å². The summed E-state index contributed by atoms with van der Waals surface area (Å²) in [5.41, 5.74) is 0. The van der Waals surface area contributed by atoms with E-state index in [9.17, 15) is 9.50 Å². The van der Waals surface area contributed by atoms with Gasteiger partial charge in [-0.3, -0.25) is 0 Å². The molecule has 0 aliphatic heterocycles. The molecular formula is C12H15BrFNO2. The number of hydrogen-bond acceptors (Lipinski definition) is 3. The lowest BCUT2D eigenvalue weighted by atomic mass is 10.3. The lowest BCUT2D eigenvalue weighted by Crippen LogP contribution is -2.32. The number of hydrogen-bond donors (Lipinski definition) is 2. The van der Waals surface area contributed by atoms with Gasteiger partial charge in [0.2, 0.25) is 0 Å². The van der Waals surface area contributed by atoms with Gasteiger partial charge in [0.15, 0.2) is 0 Å². The summed E-state index contributed by atoms with van der Waals surface area (Å²) in [4.78, 5) is 0. The molecule has 1 aromatic carbocycles. The molecule has 0 spiro atoms. The predicted octanol–water partition coefficient (Wildman–Crippen LogP) is 2.08. The summed E-state index contributed by atoms with van der Waals surface area (Å²) in [6.45, 7) is 0.685. The van der Waals surface area contributed by atoms with Crippen molar-refractivity contribution in [2.24, 2.45) is 0 Å². The van der Waals surface area contributed by atoms with E-state index in [1.165, 1.54) is 18.9 Å². The second-order valence-corrected chi connectivity index (χ2v) is 5.08. The first-order valence-electron chi connectivity index (χ1n) is 5.64. The van der Waals surface area contributed by atoms with Crippen LogP contribution in [0.5, 0.6) is 5.75 Å². The Kier molecular flexibility index (Phi) is 4.36. The summed E-state index contributed by atoms with van der Waals surface area (Å²) in [5, 5.41) is 12.8. The summed E-state index contributed by atoms with van der Waals surface area (Å²) in [6, 6.07) is 5.11. The van der Waals surface area contributed by atoms with Gasteiger partial charge in [-0.2, -0.15) is 0 Å². The summed E-state index contributed by atoms with van der Waals surface area (Å²) < 4.78 is 18.9. The Labute approximate surface area is 108 Å². The van der Waals surface area contributed by atoms with Gasteiger partial charge in [-0.25, -0.2) is 4.39 Å². The van der Waals surface area contributed by atoms with Crippen LogP contribution in [-0.4, -0.2) is 30.4 Å². The van der Waals surface area contributed by atoms with Gasteiger partial charge in [0.05, 0.1) is 4.47 Å². The van der Waals surface area contributed by atoms with Crippen molar-refractivity contribution in [1.82, 2.24) is 5.32 Å². The first-order valence-corrected chi connectivity index (χ1v) is 6.44. The highest BCUT2D eigenvalue weighted by Gasteiger charge is 2.21. The molecule has 17 heavy (non-hydrogen) atoms. The average Bonchev–Trinajstić information content (AvgIpc) is 3.12. The lowest BCUT2D eigenvalue weighted by molar-refractivity contribution is 0.106. The molecule has 1 aliphatic rings. The van der Waals surface area contributed by atoms with Crippen LogP contribution in [0.3, 0.4) is 0 Å². The highest BCUT2D eigenvalue weighted by atomic mass is 79.9. The molecule has 0 radical (unpaired) electrons. The molecule has 1 aliphatic carbocycles. The van der Waals surface area contributed by atoms with Crippen molar-refractivity contribution in [3.05, 3.63) is 28.5 Å². The highest BCUT2D eigenvalue weighted by Crippen LogP contribution is 2.21. The molecule has 1 fully saturated rings. The zero-order valence-electron chi connectivity index (χ0n) is 9.33. The summed E-state index contributed by atoms with van der Waals surface area (Å²) >= 11 is 3.07. The second kappa shape index (κ2) is 5.80. The Balaban J connectivity index is 1.73. The normalized spacial score (nSPS) is 16.9. The van der Waals surface area contributed by atoms with Crippen LogP contribution in [0.4, 0.5) is 4.39 Å². The minimum atomic E-state index is -0.567. The highest BCUT2D eigenvalue weighted by molar-refractivity contribution is 9.10. The molecule has 94 valence electrons. The minimum absolute atomic E-state index is 0.167. The molecule has 3 nitrogen and oxygen atoms in total. The lowest BCUT2D eigenvalue weighted by Gasteiger charge is -2.13. The van der Waals surface area contributed by atoms with Crippen LogP contribution in [0.15, 0.2) is 22.7 Å². The smallest absolute Gasteiger partial charge is 0.141 e. The van der Waals surface area contributed by atoms with Crippen molar-refractivity contribution in [2.45, 2.75) is 25.0 Å². The first-order chi connectivity index (χ1) is 8.15. The van der Waals surface area contributed by atoms with Crippen LogP contribution < -0.4 is 10.1 Å². The quantitative estimate of drug-likeness (QED) is 0.845. The van der Waals surface area contributed by atoms with Crippen LogP contribution in [0.1, 0.15) is 12.8 Å². The fourth-order valence-corrected chi connectivity index (χ4v) is 1.65. The van der Waals surface area contributed by atoms with Crippen molar-refractivity contribution < 1.29 is 14.2 Å². The zero-order chi connectivity index (χ0) is 12.3. The SMILES string of the molecule is OC(CNC1CC1)COc1ccc(Br)c(F)c1. The summed E-state index contributed by atoms with van der Waals surface area (Å²) in [7, 11) is 0.